The van der Waals surface area contributed by atoms with Gasteiger partial charge in [-0.1, -0.05) is 42.5 Å². The fourth-order valence-electron chi connectivity index (χ4n) is 1.95. The average molecular weight is 279 g/mol. The van der Waals surface area contributed by atoms with Crippen LogP contribution in [-0.2, 0) is 0 Å². The van der Waals surface area contributed by atoms with Crippen LogP contribution in [-0.4, -0.2) is 25.5 Å². The molecule has 0 atom stereocenters. The topological polar surface area (TPSA) is 28.0 Å². The molecule has 3 heteroatoms. The van der Waals surface area contributed by atoms with Crippen LogP contribution >= 0.6 is 0 Å². The highest BCUT2D eigenvalue weighted by molar-refractivity contribution is 6.01. The molecule has 3 nitrogen and oxygen atoms in total. The number of hydrogen-bond donors (Lipinski definition) is 0. The van der Waals surface area contributed by atoms with Crippen molar-refractivity contribution in [3.05, 3.63) is 65.7 Å². The van der Waals surface area contributed by atoms with Crippen molar-refractivity contribution in [2.75, 3.05) is 19.0 Å². The van der Waals surface area contributed by atoms with E-state index in [1.807, 2.05) is 58.3 Å². The number of benzene rings is 2. The van der Waals surface area contributed by atoms with E-state index in [1.54, 1.807) is 0 Å². The molecule has 0 saturated heterocycles. The van der Waals surface area contributed by atoms with Gasteiger partial charge in [0.1, 0.15) is 0 Å². The summed E-state index contributed by atoms with van der Waals surface area (Å²) in [7, 11) is 4.06. The zero-order valence-corrected chi connectivity index (χ0v) is 13.0. The highest BCUT2D eigenvalue weighted by Gasteiger charge is 2.00. The third-order valence-corrected chi connectivity index (χ3v) is 3.34. The van der Waals surface area contributed by atoms with Crippen LogP contribution in [0.15, 0.2) is 64.8 Å². The predicted molar refractivity (Wildman–Crippen MR) is 91.6 cm³/mol. The fraction of sp³-hybridized carbons (Fsp3) is 0.222. The highest BCUT2D eigenvalue weighted by Crippen LogP contribution is 2.13. The highest BCUT2D eigenvalue weighted by atomic mass is 15.2. The van der Waals surface area contributed by atoms with E-state index in [4.69, 9.17) is 0 Å². The van der Waals surface area contributed by atoms with E-state index in [1.165, 1.54) is 5.69 Å². The Bertz CT molecular complexity index is 638. The Hall–Kier alpha value is -2.42. The smallest absolute Gasteiger partial charge is 0.0671 e. The number of hydrogen-bond acceptors (Lipinski definition) is 3. The standard InChI is InChI=1S/C18H21N3/c1-14(16-8-6-5-7-9-16)19-20-15(2)17-10-12-18(13-11-17)21(3)4/h5-13H,1-4H3/b19-14+,20-15+. The van der Waals surface area contributed by atoms with Crippen LogP contribution in [0.25, 0.3) is 0 Å². The summed E-state index contributed by atoms with van der Waals surface area (Å²) in [6, 6.07) is 18.4. The molecule has 0 aliphatic rings. The van der Waals surface area contributed by atoms with Gasteiger partial charge in [0.2, 0.25) is 0 Å². The summed E-state index contributed by atoms with van der Waals surface area (Å²) in [6.45, 7) is 3.95. The molecule has 2 rings (SSSR count). The number of rotatable bonds is 4. The Morgan fingerprint density at radius 2 is 1.19 bits per heavy atom. The molecular weight excluding hydrogens is 258 g/mol. The number of nitrogens with zero attached hydrogens (tertiary/aromatic N) is 3. The quantitative estimate of drug-likeness (QED) is 0.614. The van der Waals surface area contributed by atoms with E-state index in [-0.39, 0.29) is 0 Å². The molecule has 0 radical (unpaired) electrons. The minimum Gasteiger partial charge on any atom is -0.378 e. The Morgan fingerprint density at radius 3 is 1.67 bits per heavy atom. The molecule has 2 aromatic carbocycles. The van der Waals surface area contributed by atoms with Crippen LogP contribution in [0.5, 0.6) is 0 Å². The second kappa shape index (κ2) is 6.84. The first-order valence-electron chi connectivity index (χ1n) is 7.00. The molecule has 2 aromatic rings. The molecule has 21 heavy (non-hydrogen) atoms. The molecule has 0 heterocycles. The van der Waals surface area contributed by atoms with Crippen molar-refractivity contribution in [3.63, 3.8) is 0 Å². The molecule has 0 amide bonds. The lowest BCUT2D eigenvalue weighted by atomic mass is 10.1. The minimum absolute atomic E-state index is 0.913. The van der Waals surface area contributed by atoms with E-state index in [2.05, 4.69) is 39.4 Å². The lowest BCUT2D eigenvalue weighted by Crippen LogP contribution is -2.08. The molecule has 0 bridgehead atoms. The van der Waals surface area contributed by atoms with Gasteiger partial charge in [-0.05, 0) is 37.1 Å². The van der Waals surface area contributed by atoms with Gasteiger partial charge in [-0.15, -0.1) is 0 Å². The van der Waals surface area contributed by atoms with Crippen molar-refractivity contribution < 1.29 is 0 Å². The predicted octanol–water partition coefficient (Wildman–Crippen LogP) is 3.99. The monoisotopic (exact) mass is 279 g/mol. The third kappa shape index (κ3) is 4.02. The summed E-state index contributed by atoms with van der Waals surface area (Å²) in [5.41, 5.74) is 5.19. The number of anilines is 1. The summed E-state index contributed by atoms with van der Waals surface area (Å²) in [5, 5.41) is 8.66. The van der Waals surface area contributed by atoms with Gasteiger partial charge in [-0.25, -0.2) is 0 Å². The van der Waals surface area contributed by atoms with Gasteiger partial charge in [0.15, 0.2) is 0 Å². The first kappa shape index (κ1) is 15.0. The zero-order chi connectivity index (χ0) is 15.2. The van der Waals surface area contributed by atoms with Gasteiger partial charge >= 0.3 is 0 Å². The van der Waals surface area contributed by atoms with Crippen LogP contribution in [0, 0.1) is 0 Å². The van der Waals surface area contributed by atoms with E-state index in [9.17, 15) is 0 Å². The Morgan fingerprint density at radius 1 is 0.714 bits per heavy atom. The normalized spacial score (nSPS) is 12.4. The van der Waals surface area contributed by atoms with Crippen molar-refractivity contribution >= 4 is 17.1 Å². The van der Waals surface area contributed by atoms with Gasteiger partial charge < -0.3 is 4.90 Å². The Kier molecular flexibility index (Phi) is 4.88. The van der Waals surface area contributed by atoms with Crippen molar-refractivity contribution in [3.8, 4) is 0 Å². The second-order valence-electron chi connectivity index (χ2n) is 5.18. The van der Waals surface area contributed by atoms with E-state index >= 15 is 0 Å². The maximum Gasteiger partial charge on any atom is 0.0671 e. The van der Waals surface area contributed by atoms with Crippen LogP contribution in [0.2, 0.25) is 0 Å². The van der Waals surface area contributed by atoms with Crippen LogP contribution < -0.4 is 4.90 Å². The first-order valence-corrected chi connectivity index (χ1v) is 7.00. The van der Waals surface area contributed by atoms with Gasteiger partial charge in [-0.2, -0.15) is 10.2 Å². The van der Waals surface area contributed by atoms with Crippen molar-refractivity contribution in [2.24, 2.45) is 10.2 Å². The minimum atomic E-state index is 0.913. The van der Waals surface area contributed by atoms with Gasteiger partial charge in [-0.3, -0.25) is 0 Å². The summed E-state index contributed by atoms with van der Waals surface area (Å²) in [4.78, 5) is 2.08. The molecule has 0 aliphatic heterocycles. The lowest BCUT2D eigenvalue weighted by molar-refractivity contribution is 1.13. The SMILES string of the molecule is C/C(=N\N=C(/C)c1ccc(N(C)C)cc1)c1ccccc1. The molecule has 108 valence electrons. The lowest BCUT2D eigenvalue weighted by Gasteiger charge is -2.12. The molecular formula is C18H21N3. The van der Waals surface area contributed by atoms with Crippen LogP contribution in [0.1, 0.15) is 25.0 Å². The molecule has 0 aliphatic carbocycles. The third-order valence-electron chi connectivity index (χ3n) is 3.34. The summed E-state index contributed by atoms with van der Waals surface area (Å²) < 4.78 is 0. The van der Waals surface area contributed by atoms with E-state index in [0.717, 1.165) is 22.6 Å². The molecule has 0 unspecified atom stereocenters. The Labute approximate surface area is 126 Å². The van der Waals surface area contributed by atoms with Crippen molar-refractivity contribution in [1.29, 1.82) is 0 Å². The summed E-state index contributed by atoms with van der Waals surface area (Å²) in [6.07, 6.45) is 0. The van der Waals surface area contributed by atoms with Crippen LogP contribution in [0.4, 0.5) is 5.69 Å². The summed E-state index contributed by atoms with van der Waals surface area (Å²) in [5.74, 6) is 0. The van der Waals surface area contributed by atoms with E-state index < -0.39 is 0 Å². The molecule has 0 fully saturated rings. The van der Waals surface area contributed by atoms with Gasteiger partial charge in [0, 0.05) is 19.8 Å². The Balaban J connectivity index is 2.17. The largest absolute Gasteiger partial charge is 0.378 e. The molecule has 0 N–H and O–H groups in total. The van der Waals surface area contributed by atoms with Crippen molar-refractivity contribution in [1.82, 2.24) is 0 Å². The molecule has 0 saturated carbocycles. The van der Waals surface area contributed by atoms with Gasteiger partial charge in [0.25, 0.3) is 0 Å². The fourth-order valence-corrected chi connectivity index (χ4v) is 1.95. The molecule has 0 aromatic heterocycles. The van der Waals surface area contributed by atoms with Gasteiger partial charge in [0.05, 0.1) is 11.4 Å². The van der Waals surface area contributed by atoms with E-state index in [0.29, 0.717) is 0 Å². The zero-order valence-electron chi connectivity index (χ0n) is 13.0. The second-order valence-corrected chi connectivity index (χ2v) is 5.18. The maximum atomic E-state index is 4.34. The first-order chi connectivity index (χ1) is 10.1. The van der Waals surface area contributed by atoms with Crippen molar-refractivity contribution in [2.45, 2.75) is 13.8 Å². The summed E-state index contributed by atoms with van der Waals surface area (Å²) >= 11 is 0. The molecule has 0 spiro atoms. The maximum absolute atomic E-state index is 4.34. The average Bonchev–Trinajstić information content (AvgIpc) is 2.53. The van der Waals surface area contributed by atoms with Crippen LogP contribution in [0.3, 0.4) is 0 Å².